The molecule has 1 heterocycles. The minimum absolute atomic E-state index is 0.00903. The van der Waals surface area contributed by atoms with Gasteiger partial charge in [-0.15, -0.1) is 0 Å². The topological polar surface area (TPSA) is 113 Å². The lowest BCUT2D eigenvalue weighted by Crippen LogP contribution is -2.33. The largest absolute Gasteiger partial charge is 0.506 e. The maximum atomic E-state index is 11.9. The van der Waals surface area contributed by atoms with Crippen LogP contribution in [0.5, 0.6) is 5.75 Å². The summed E-state index contributed by atoms with van der Waals surface area (Å²) in [5, 5.41) is 12.2. The molecule has 1 aromatic rings. The molecule has 2 N–H and O–H groups in total. The standard InChI is InChI=1S/C15H14N2O6/c18-9-23-8-10-1-2-12(19)11(7-10)16-13(20)5-6-17-14(21)3-4-15(17)22/h1-4,7,9,19H,5-6,8H2,(H,16,20). The number of hydrogen-bond acceptors (Lipinski definition) is 6. The molecule has 1 aromatic carbocycles. The second kappa shape index (κ2) is 7.21. The van der Waals surface area contributed by atoms with Gasteiger partial charge < -0.3 is 15.2 Å². The second-order valence-electron chi connectivity index (χ2n) is 4.72. The normalized spacial score (nSPS) is 13.3. The Morgan fingerprint density at radius 2 is 1.96 bits per heavy atom. The van der Waals surface area contributed by atoms with E-state index in [4.69, 9.17) is 0 Å². The smallest absolute Gasteiger partial charge is 0.293 e. The van der Waals surface area contributed by atoms with E-state index in [9.17, 15) is 24.3 Å². The van der Waals surface area contributed by atoms with Gasteiger partial charge in [0, 0.05) is 25.1 Å². The Morgan fingerprint density at radius 1 is 1.26 bits per heavy atom. The van der Waals surface area contributed by atoms with Crippen molar-refractivity contribution in [1.29, 1.82) is 0 Å². The first-order chi connectivity index (χ1) is 11.0. The molecule has 0 saturated carbocycles. The monoisotopic (exact) mass is 318 g/mol. The van der Waals surface area contributed by atoms with Crippen molar-refractivity contribution in [2.75, 3.05) is 11.9 Å². The number of anilines is 1. The number of hydrogen-bond donors (Lipinski definition) is 2. The lowest BCUT2D eigenvalue weighted by Gasteiger charge is -2.14. The van der Waals surface area contributed by atoms with Crippen LogP contribution in [0.1, 0.15) is 12.0 Å². The predicted octanol–water partition coefficient (Wildman–Crippen LogP) is 0.319. The molecule has 8 nitrogen and oxygen atoms in total. The van der Waals surface area contributed by atoms with Gasteiger partial charge >= 0.3 is 0 Å². The fourth-order valence-electron chi connectivity index (χ4n) is 1.98. The van der Waals surface area contributed by atoms with Gasteiger partial charge in [0.15, 0.2) is 0 Å². The average molecular weight is 318 g/mol. The Morgan fingerprint density at radius 3 is 2.61 bits per heavy atom. The summed E-state index contributed by atoms with van der Waals surface area (Å²) in [4.78, 5) is 45.7. The minimum atomic E-state index is -0.471. The summed E-state index contributed by atoms with van der Waals surface area (Å²) in [5.41, 5.74) is 0.735. The van der Waals surface area contributed by atoms with Gasteiger partial charge in [-0.25, -0.2) is 0 Å². The van der Waals surface area contributed by atoms with Gasteiger partial charge in [0.2, 0.25) is 5.91 Å². The number of imide groups is 1. The molecule has 0 spiro atoms. The molecular formula is C15H14N2O6. The van der Waals surface area contributed by atoms with Crippen molar-refractivity contribution in [3.63, 3.8) is 0 Å². The highest BCUT2D eigenvalue weighted by Crippen LogP contribution is 2.24. The fourth-order valence-corrected chi connectivity index (χ4v) is 1.98. The highest BCUT2D eigenvalue weighted by Gasteiger charge is 2.23. The Labute approximate surface area is 131 Å². The van der Waals surface area contributed by atoms with Crippen LogP contribution in [-0.4, -0.2) is 40.7 Å². The maximum absolute atomic E-state index is 11.9. The van der Waals surface area contributed by atoms with Crippen molar-refractivity contribution < 1.29 is 29.0 Å². The highest BCUT2D eigenvalue weighted by atomic mass is 16.5. The molecule has 0 unspecified atom stereocenters. The van der Waals surface area contributed by atoms with Crippen LogP contribution in [0, 0.1) is 0 Å². The first kappa shape index (κ1) is 16.2. The number of aromatic hydroxyl groups is 1. The number of benzene rings is 1. The first-order valence-corrected chi connectivity index (χ1v) is 6.72. The van der Waals surface area contributed by atoms with E-state index in [1.807, 2.05) is 0 Å². The second-order valence-corrected chi connectivity index (χ2v) is 4.72. The van der Waals surface area contributed by atoms with Crippen LogP contribution in [0.2, 0.25) is 0 Å². The summed E-state index contributed by atoms with van der Waals surface area (Å²) in [7, 11) is 0. The summed E-state index contributed by atoms with van der Waals surface area (Å²) in [6, 6.07) is 4.36. The molecule has 1 aliphatic heterocycles. The summed E-state index contributed by atoms with van der Waals surface area (Å²) in [6.45, 7) is 0.253. The molecule has 0 aromatic heterocycles. The van der Waals surface area contributed by atoms with Crippen molar-refractivity contribution >= 4 is 29.9 Å². The Kier molecular flexibility index (Phi) is 5.08. The van der Waals surface area contributed by atoms with Gasteiger partial charge in [0.05, 0.1) is 5.69 Å². The molecule has 0 radical (unpaired) electrons. The molecule has 8 heteroatoms. The SMILES string of the molecule is O=COCc1ccc(O)c(NC(=O)CCN2C(=O)C=CC2=O)c1. The van der Waals surface area contributed by atoms with Gasteiger partial charge in [0.1, 0.15) is 12.4 Å². The Balaban J connectivity index is 1.93. The van der Waals surface area contributed by atoms with Gasteiger partial charge in [-0.05, 0) is 17.7 Å². The zero-order valence-corrected chi connectivity index (χ0v) is 12.0. The number of carbonyl (C=O) groups is 4. The van der Waals surface area contributed by atoms with Gasteiger partial charge in [0.25, 0.3) is 18.3 Å². The van der Waals surface area contributed by atoms with Crippen LogP contribution in [0.4, 0.5) is 5.69 Å². The first-order valence-electron chi connectivity index (χ1n) is 6.72. The van der Waals surface area contributed by atoms with Crippen molar-refractivity contribution in [2.45, 2.75) is 13.0 Å². The predicted molar refractivity (Wildman–Crippen MR) is 78.1 cm³/mol. The highest BCUT2D eigenvalue weighted by molar-refractivity contribution is 6.13. The van der Waals surface area contributed by atoms with Crippen LogP contribution < -0.4 is 5.32 Å². The van der Waals surface area contributed by atoms with Crippen LogP contribution in [0.15, 0.2) is 30.4 Å². The van der Waals surface area contributed by atoms with E-state index >= 15 is 0 Å². The van der Waals surface area contributed by atoms with Crippen LogP contribution >= 0.6 is 0 Å². The molecule has 0 atom stereocenters. The Hall–Kier alpha value is -3.16. The molecule has 0 aliphatic carbocycles. The number of ether oxygens (including phenoxy) is 1. The number of phenols is 1. The summed E-state index contributed by atoms with van der Waals surface area (Å²) in [5.74, 6) is -1.54. The van der Waals surface area contributed by atoms with Crippen LogP contribution in [0.25, 0.3) is 0 Å². The van der Waals surface area contributed by atoms with E-state index in [1.165, 1.54) is 12.1 Å². The minimum Gasteiger partial charge on any atom is -0.506 e. The number of carbonyl (C=O) groups excluding carboxylic acids is 4. The third-order valence-electron chi connectivity index (χ3n) is 3.12. The van der Waals surface area contributed by atoms with Gasteiger partial charge in [-0.1, -0.05) is 6.07 Å². The van der Waals surface area contributed by atoms with E-state index in [0.29, 0.717) is 12.0 Å². The lowest BCUT2D eigenvalue weighted by molar-refractivity contribution is -0.137. The number of phenolic OH excluding ortho intramolecular Hbond substituents is 1. The zero-order valence-electron chi connectivity index (χ0n) is 12.0. The molecule has 0 fully saturated rings. The molecular weight excluding hydrogens is 304 g/mol. The summed E-state index contributed by atoms with van der Waals surface area (Å²) >= 11 is 0. The number of rotatable bonds is 7. The molecule has 0 bridgehead atoms. The average Bonchev–Trinajstić information content (AvgIpc) is 2.84. The van der Waals surface area contributed by atoms with Crippen molar-refractivity contribution in [1.82, 2.24) is 4.90 Å². The van der Waals surface area contributed by atoms with E-state index < -0.39 is 17.7 Å². The van der Waals surface area contributed by atoms with Crippen LogP contribution in [0.3, 0.4) is 0 Å². The summed E-state index contributed by atoms with van der Waals surface area (Å²) in [6.07, 6.45) is 2.18. The quantitative estimate of drug-likeness (QED) is 0.425. The maximum Gasteiger partial charge on any atom is 0.293 e. The van der Waals surface area contributed by atoms with E-state index in [2.05, 4.69) is 10.1 Å². The zero-order chi connectivity index (χ0) is 16.8. The number of amides is 3. The van der Waals surface area contributed by atoms with Gasteiger partial charge in [-0.2, -0.15) is 0 Å². The number of nitrogens with zero attached hydrogens (tertiary/aromatic N) is 1. The third-order valence-corrected chi connectivity index (χ3v) is 3.12. The molecule has 23 heavy (non-hydrogen) atoms. The molecule has 1 aliphatic rings. The van der Waals surface area contributed by atoms with Gasteiger partial charge in [-0.3, -0.25) is 24.1 Å². The van der Waals surface area contributed by atoms with Crippen LogP contribution in [-0.2, 0) is 30.5 Å². The summed E-state index contributed by atoms with van der Waals surface area (Å²) < 4.78 is 4.59. The van der Waals surface area contributed by atoms with E-state index in [-0.39, 0.29) is 31.0 Å². The third kappa shape index (κ3) is 4.16. The molecule has 2 rings (SSSR count). The fraction of sp³-hybridized carbons (Fsp3) is 0.200. The van der Waals surface area contributed by atoms with E-state index in [1.54, 1.807) is 6.07 Å². The lowest BCUT2D eigenvalue weighted by atomic mass is 10.2. The number of nitrogens with one attached hydrogen (secondary N) is 1. The molecule has 0 saturated heterocycles. The van der Waals surface area contributed by atoms with Crippen molar-refractivity contribution in [3.05, 3.63) is 35.9 Å². The molecule has 3 amide bonds. The van der Waals surface area contributed by atoms with Crippen molar-refractivity contribution in [3.8, 4) is 5.75 Å². The van der Waals surface area contributed by atoms with E-state index in [0.717, 1.165) is 17.1 Å². The Bertz CT molecular complexity index is 665. The molecule has 120 valence electrons. The van der Waals surface area contributed by atoms with Crippen molar-refractivity contribution in [2.24, 2.45) is 0 Å².